The fraction of sp³-hybridized carbons (Fsp3) is 0. The van der Waals surface area contributed by atoms with Crippen LogP contribution in [0, 0.1) is 0 Å². The van der Waals surface area contributed by atoms with Crippen LogP contribution in [0.1, 0.15) is 5.56 Å². The average Bonchev–Trinajstić information content (AvgIpc) is 1.98. The van der Waals surface area contributed by atoms with Gasteiger partial charge < -0.3 is 10.3 Å². The second-order valence-electron chi connectivity index (χ2n) is 1.96. The Hall–Kier alpha value is -1.22. The summed E-state index contributed by atoms with van der Waals surface area (Å²) in [5.74, 6) is 0.0155. The standard InChI is InChI=1S/C7H6ClNO2/c8-6-3-5(4-9-11)1-2-7(6)10/h1-4,10-11H. The molecule has 0 heterocycles. The maximum Gasteiger partial charge on any atom is 0.134 e. The fourth-order valence-corrected chi connectivity index (χ4v) is 0.859. The van der Waals surface area contributed by atoms with Gasteiger partial charge in [0, 0.05) is 0 Å². The number of nitrogens with zero attached hydrogens (tertiary/aromatic N) is 1. The van der Waals surface area contributed by atoms with Crippen LogP contribution < -0.4 is 0 Å². The van der Waals surface area contributed by atoms with E-state index in [9.17, 15) is 0 Å². The van der Waals surface area contributed by atoms with Crippen molar-refractivity contribution in [1.29, 1.82) is 0 Å². The first kappa shape index (κ1) is 7.88. The van der Waals surface area contributed by atoms with Gasteiger partial charge in [-0.15, -0.1) is 0 Å². The molecule has 1 aromatic rings. The van der Waals surface area contributed by atoms with Crippen molar-refractivity contribution >= 4 is 17.8 Å². The van der Waals surface area contributed by atoms with Crippen LogP contribution in [-0.4, -0.2) is 16.5 Å². The Labute approximate surface area is 68.5 Å². The molecule has 3 nitrogen and oxygen atoms in total. The molecule has 0 spiro atoms. The van der Waals surface area contributed by atoms with Crippen molar-refractivity contribution < 1.29 is 10.3 Å². The van der Waals surface area contributed by atoms with Crippen molar-refractivity contribution in [2.75, 3.05) is 0 Å². The summed E-state index contributed by atoms with van der Waals surface area (Å²) in [7, 11) is 0. The van der Waals surface area contributed by atoms with Crippen LogP contribution in [0.2, 0.25) is 5.02 Å². The first-order valence-corrected chi connectivity index (χ1v) is 3.28. The van der Waals surface area contributed by atoms with E-state index < -0.39 is 0 Å². The molecule has 0 aliphatic rings. The minimum absolute atomic E-state index is 0.0155. The Morgan fingerprint density at radius 3 is 2.73 bits per heavy atom. The topological polar surface area (TPSA) is 52.8 Å². The summed E-state index contributed by atoms with van der Waals surface area (Å²) in [6, 6.07) is 4.51. The van der Waals surface area contributed by atoms with Gasteiger partial charge in [-0.05, 0) is 23.8 Å². The van der Waals surface area contributed by atoms with Crippen LogP contribution in [0.15, 0.2) is 23.4 Å². The number of hydrogen-bond donors (Lipinski definition) is 2. The number of rotatable bonds is 1. The van der Waals surface area contributed by atoms with E-state index in [-0.39, 0.29) is 10.8 Å². The third-order valence-corrected chi connectivity index (χ3v) is 1.48. The van der Waals surface area contributed by atoms with E-state index in [0.717, 1.165) is 0 Å². The third kappa shape index (κ3) is 1.85. The molecular weight excluding hydrogens is 166 g/mol. The van der Waals surface area contributed by atoms with Crippen LogP contribution >= 0.6 is 11.6 Å². The normalized spacial score (nSPS) is 10.6. The van der Waals surface area contributed by atoms with Crippen molar-refractivity contribution in [3.05, 3.63) is 28.8 Å². The molecule has 4 heteroatoms. The molecule has 1 rings (SSSR count). The van der Waals surface area contributed by atoms with Gasteiger partial charge in [0.15, 0.2) is 0 Å². The van der Waals surface area contributed by atoms with Gasteiger partial charge in [-0.1, -0.05) is 16.8 Å². The second kappa shape index (κ2) is 3.25. The number of aromatic hydroxyl groups is 1. The van der Waals surface area contributed by atoms with Gasteiger partial charge in [-0.25, -0.2) is 0 Å². The Morgan fingerprint density at radius 1 is 1.45 bits per heavy atom. The van der Waals surface area contributed by atoms with E-state index in [4.69, 9.17) is 21.9 Å². The van der Waals surface area contributed by atoms with E-state index >= 15 is 0 Å². The molecule has 0 atom stereocenters. The molecule has 0 amide bonds. The second-order valence-corrected chi connectivity index (χ2v) is 2.36. The van der Waals surface area contributed by atoms with E-state index in [1.807, 2.05) is 0 Å². The highest BCUT2D eigenvalue weighted by molar-refractivity contribution is 6.32. The van der Waals surface area contributed by atoms with Gasteiger partial charge in [0.05, 0.1) is 11.2 Å². The Balaban J connectivity index is 3.05. The van der Waals surface area contributed by atoms with Crippen molar-refractivity contribution in [2.24, 2.45) is 5.16 Å². The van der Waals surface area contributed by atoms with E-state index in [0.29, 0.717) is 5.56 Å². The summed E-state index contributed by atoms with van der Waals surface area (Å²) < 4.78 is 0. The van der Waals surface area contributed by atoms with Crippen LogP contribution in [0.3, 0.4) is 0 Å². The first-order valence-electron chi connectivity index (χ1n) is 2.90. The lowest BCUT2D eigenvalue weighted by Gasteiger charge is -1.95. The first-order chi connectivity index (χ1) is 5.24. The highest BCUT2D eigenvalue weighted by Gasteiger charge is 1.96. The maximum atomic E-state index is 8.97. The largest absolute Gasteiger partial charge is 0.506 e. The van der Waals surface area contributed by atoms with E-state index in [1.54, 1.807) is 6.07 Å². The number of halogens is 1. The van der Waals surface area contributed by atoms with Crippen molar-refractivity contribution in [3.63, 3.8) is 0 Å². The van der Waals surface area contributed by atoms with Crippen molar-refractivity contribution in [2.45, 2.75) is 0 Å². The zero-order valence-electron chi connectivity index (χ0n) is 5.53. The van der Waals surface area contributed by atoms with Gasteiger partial charge in [-0.3, -0.25) is 0 Å². The predicted molar refractivity (Wildman–Crippen MR) is 42.5 cm³/mol. The molecule has 2 N–H and O–H groups in total. The fourth-order valence-electron chi connectivity index (χ4n) is 0.670. The molecule has 0 aliphatic heterocycles. The molecule has 0 aliphatic carbocycles. The number of oxime groups is 1. The summed E-state index contributed by atoms with van der Waals surface area (Å²) in [6.07, 6.45) is 1.23. The highest BCUT2D eigenvalue weighted by atomic mass is 35.5. The summed E-state index contributed by atoms with van der Waals surface area (Å²) in [5, 5.41) is 20.2. The smallest absolute Gasteiger partial charge is 0.134 e. The van der Waals surface area contributed by atoms with Gasteiger partial charge >= 0.3 is 0 Å². The molecule has 0 saturated heterocycles. The van der Waals surface area contributed by atoms with Crippen LogP contribution in [-0.2, 0) is 0 Å². The van der Waals surface area contributed by atoms with Crippen molar-refractivity contribution in [3.8, 4) is 5.75 Å². The molecule has 11 heavy (non-hydrogen) atoms. The number of hydrogen-bond acceptors (Lipinski definition) is 3. The van der Waals surface area contributed by atoms with E-state index in [2.05, 4.69) is 5.16 Å². The van der Waals surface area contributed by atoms with Gasteiger partial charge in [0.25, 0.3) is 0 Å². The van der Waals surface area contributed by atoms with Crippen LogP contribution in [0.5, 0.6) is 5.75 Å². The SMILES string of the molecule is ON=Cc1ccc(O)c(Cl)c1. The lowest BCUT2D eigenvalue weighted by atomic mass is 10.2. The summed E-state index contributed by atoms with van der Waals surface area (Å²) in [5.41, 5.74) is 0.635. The van der Waals surface area contributed by atoms with Gasteiger partial charge in [0.1, 0.15) is 5.75 Å². The monoisotopic (exact) mass is 171 g/mol. The third-order valence-electron chi connectivity index (χ3n) is 1.18. The van der Waals surface area contributed by atoms with Crippen molar-refractivity contribution in [1.82, 2.24) is 0 Å². The average molecular weight is 172 g/mol. The summed E-state index contributed by atoms with van der Waals surface area (Å²) in [6.45, 7) is 0. The molecular formula is C7H6ClNO2. The molecule has 0 saturated carbocycles. The molecule has 58 valence electrons. The Kier molecular flexibility index (Phi) is 2.33. The number of phenols is 1. The van der Waals surface area contributed by atoms with Gasteiger partial charge in [0.2, 0.25) is 0 Å². The van der Waals surface area contributed by atoms with Crippen LogP contribution in [0.25, 0.3) is 0 Å². The lowest BCUT2D eigenvalue weighted by Crippen LogP contribution is -1.79. The molecule has 1 aromatic carbocycles. The Bertz CT molecular complexity index is 286. The predicted octanol–water partition coefficient (Wildman–Crippen LogP) is 1.85. The zero-order chi connectivity index (χ0) is 8.27. The highest BCUT2D eigenvalue weighted by Crippen LogP contribution is 2.22. The summed E-state index contributed by atoms with van der Waals surface area (Å²) in [4.78, 5) is 0. The molecule has 0 aromatic heterocycles. The molecule has 0 fully saturated rings. The maximum absolute atomic E-state index is 8.97. The van der Waals surface area contributed by atoms with Crippen LogP contribution in [0.4, 0.5) is 0 Å². The molecule has 0 unspecified atom stereocenters. The summed E-state index contributed by atoms with van der Waals surface area (Å²) >= 11 is 5.56. The number of phenolic OH excluding ortho intramolecular Hbond substituents is 1. The quantitative estimate of drug-likeness (QED) is 0.385. The molecule has 0 bridgehead atoms. The Morgan fingerprint density at radius 2 is 2.18 bits per heavy atom. The molecule has 0 radical (unpaired) electrons. The van der Waals surface area contributed by atoms with Gasteiger partial charge in [-0.2, -0.15) is 0 Å². The number of benzene rings is 1. The minimum Gasteiger partial charge on any atom is -0.506 e. The lowest BCUT2D eigenvalue weighted by molar-refractivity contribution is 0.322. The zero-order valence-corrected chi connectivity index (χ0v) is 6.28. The minimum atomic E-state index is 0.0155. The van der Waals surface area contributed by atoms with E-state index in [1.165, 1.54) is 18.3 Å².